The van der Waals surface area contributed by atoms with Crippen LogP contribution in [0.25, 0.3) is 0 Å². The molecule has 0 aromatic rings. The number of carboxylic acid groups (broad SMARTS) is 1. The fourth-order valence-corrected chi connectivity index (χ4v) is 0.823. The standard InChI is InChI=1S/C4H9O3P.ClH/c5-3-8-2-1-4(6)7;/h5,8H,1-3H2,(H,6,7);1H. The predicted octanol–water partition coefficient (Wildman–Crippen LogP) is 0.511. The predicted molar refractivity (Wildman–Crippen MR) is 39.8 cm³/mol. The molecule has 0 aromatic carbocycles. The highest BCUT2D eigenvalue weighted by Gasteiger charge is 1.93. The minimum absolute atomic E-state index is 0. The Bertz CT molecular complexity index is 78.2. The van der Waals surface area contributed by atoms with Crippen molar-refractivity contribution in [2.45, 2.75) is 6.42 Å². The number of carbonyl (C=O) groups is 1. The summed E-state index contributed by atoms with van der Waals surface area (Å²) < 4.78 is 0. The van der Waals surface area contributed by atoms with E-state index in [-0.39, 0.29) is 25.2 Å². The van der Waals surface area contributed by atoms with Gasteiger partial charge in [0.2, 0.25) is 0 Å². The van der Waals surface area contributed by atoms with Crippen LogP contribution < -0.4 is 0 Å². The lowest BCUT2D eigenvalue weighted by molar-refractivity contribution is -0.136. The second-order valence-corrected chi connectivity index (χ2v) is 2.62. The molecular formula is C4H10ClO3P. The van der Waals surface area contributed by atoms with Crippen LogP contribution in [0.5, 0.6) is 0 Å². The van der Waals surface area contributed by atoms with Crippen LogP contribution in [-0.4, -0.2) is 28.7 Å². The number of rotatable bonds is 4. The number of aliphatic carboxylic acids is 1. The molecule has 0 rings (SSSR count). The lowest BCUT2D eigenvalue weighted by Gasteiger charge is -1.90. The van der Waals surface area contributed by atoms with Crippen LogP contribution >= 0.6 is 21.0 Å². The van der Waals surface area contributed by atoms with E-state index in [1.54, 1.807) is 0 Å². The first-order valence-corrected chi connectivity index (χ1v) is 3.72. The molecular weight excluding hydrogens is 162 g/mol. The fraction of sp³-hybridized carbons (Fsp3) is 0.750. The summed E-state index contributed by atoms with van der Waals surface area (Å²) in [6.07, 6.45) is 0.901. The quantitative estimate of drug-likeness (QED) is 0.480. The topological polar surface area (TPSA) is 57.5 Å². The zero-order valence-electron chi connectivity index (χ0n) is 4.83. The molecule has 0 bridgehead atoms. The first kappa shape index (κ1) is 11.9. The van der Waals surface area contributed by atoms with Crippen molar-refractivity contribution < 1.29 is 15.0 Å². The van der Waals surface area contributed by atoms with Gasteiger partial charge >= 0.3 is 5.97 Å². The van der Waals surface area contributed by atoms with E-state index in [4.69, 9.17) is 10.2 Å². The molecule has 9 heavy (non-hydrogen) atoms. The number of halogens is 1. The number of aliphatic hydroxyl groups is 1. The van der Waals surface area contributed by atoms with E-state index >= 15 is 0 Å². The lowest BCUT2D eigenvalue weighted by Crippen LogP contribution is -1.95. The Morgan fingerprint density at radius 3 is 2.44 bits per heavy atom. The lowest BCUT2D eigenvalue weighted by atomic mass is 10.5. The van der Waals surface area contributed by atoms with E-state index in [1.807, 2.05) is 0 Å². The summed E-state index contributed by atoms with van der Waals surface area (Å²) >= 11 is 0. The summed E-state index contributed by atoms with van der Waals surface area (Å²) in [4.78, 5) is 9.80. The van der Waals surface area contributed by atoms with Crippen LogP contribution in [0.15, 0.2) is 0 Å². The summed E-state index contributed by atoms with van der Waals surface area (Å²) in [6.45, 7) is 0. The Labute approximate surface area is 61.7 Å². The monoisotopic (exact) mass is 172 g/mol. The van der Waals surface area contributed by atoms with Gasteiger partial charge in [-0.2, -0.15) is 0 Å². The van der Waals surface area contributed by atoms with E-state index < -0.39 is 5.97 Å². The molecule has 0 amide bonds. The van der Waals surface area contributed by atoms with Gasteiger partial charge in [0.25, 0.3) is 0 Å². The molecule has 2 N–H and O–H groups in total. The Hall–Kier alpha value is 0.150. The van der Waals surface area contributed by atoms with Crippen LogP contribution in [0.3, 0.4) is 0 Å². The molecule has 0 saturated carbocycles. The molecule has 0 aromatic heterocycles. The van der Waals surface area contributed by atoms with Crippen molar-refractivity contribution in [2.75, 3.05) is 12.5 Å². The van der Waals surface area contributed by atoms with E-state index in [1.165, 1.54) is 0 Å². The molecule has 0 aliphatic rings. The molecule has 0 aliphatic carbocycles. The van der Waals surface area contributed by atoms with E-state index in [9.17, 15) is 4.79 Å². The van der Waals surface area contributed by atoms with Gasteiger partial charge in [-0.3, -0.25) is 4.79 Å². The van der Waals surface area contributed by atoms with E-state index in [2.05, 4.69) is 0 Å². The van der Waals surface area contributed by atoms with Gasteiger partial charge in [-0.1, -0.05) is 8.58 Å². The number of aliphatic hydroxyl groups excluding tert-OH is 1. The first-order chi connectivity index (χ1) is 3.77. The Balaban J connectivity index is 0. The molecule has 3 nitrogen and oxygen atoms in total. The van der Waals surface area contributed by atoms with Crippen molar-refractivity contribution in [2.24, 2.45) is 0 Å². The molecule has 0 heterocycles. The Kier molecular flexibility index (Phi) is 10.8. The Morgan fingerprint density at radius 1 is 1.56 bits per heavy atom. The maximum absolute atomic E-state index is 9.80. The van der Waals surface area contributed by atoms with Gasteiger partial charge in [0, 0.05) is 6.42 Å². The summed E-state index contributed by atoms with van der Waals surface area (Å²) in [6, 6.07) is 0. The van der Waals surface area contributed by atoms with Crippen molar-refractivity contribution in [3.8, 4) is 0 Å². The largest absolute Gasteiger partial charge is 0.481 e. The second kappa shape index (κ2) is 8.15. The van der Waals surface area contributed by atoms with Gasteiger partial charge in [0.1, 0.15) is 0 Å². The van der Waals surface area contributed by atoms with E-state index in [0.717, 1.165) is 0 Å². The van der Waals surface area contributed by atoms with Gasteiger partial charge in [0.15, 0.2) is 0 Å². The normalized spacial score (nSPS) is 9.44. The van der Waals surface area contributed by atoms with Crippen LogP contribution in [-0.2, 0) is 4.79 Å². The third-order valence-corrected chi connectivity index (χ3v) is 1.45. The summed E-state index contributed by atoms with van der Waals surface area (Å²) in [5, 5.41) is 16.3. The molecule has 5 heteroatoms. The average molecular weight is 173 g/mol. The zero-order chi connectivity index (χ0) is 6.41. The first-order valence-electron chi connectivity index (χ1n) is 2.30. The fourth-order valence-electron chi connectivity index (χ4n) is 0.274. The van der Waals surface area contributed by atoms with Crippen LogP contribution in [0.2, 0.25) is 0 Å². The molecule has 0 aliphatic heterocycles. The van der Waals surface area contributed by atoms with Crippen molar-refractivity contribution in [1.82, 2.24) is 0 Å². The molecule has 0 fully saturated rings. The summed E-state index contributed by atoms with van der Waals surface area (Å²) in [7, 11) is 0.382. The van der Waals surface area contributed by atoms with Gasteiger partial charge in [0.05, 0.1) is 6.35 Å². The maximum Gasteiger partial charge on any atom is 0.303 e. The van der Waals surface area contributed by atoms with Crippen molar-refractivity contribution in [1.29, 1.82) is 0 Å². The van der Waals surface area contributed by atoms with Crippen molar-refractivity contribution >= 4 is 27.0 Å². The third-order valence-electron chi connectivity index (χ3n) is 0.627. The SMILES string of the molecule is Cl.O=C(O)CCPCO. The molecule has 0 spiro atoms. The highest BCUT2D eigenvalue weighted by atomic mass is 35.5. The summed E-state index contributed by atoms with van der Waals surface area (Å²) in [5.41, 5.74) is 0. The highest BCUT2D eigenvalue weighted by Crippen LogP contribution is 2.07. The molecule has 1 atom stereocenters. The maximum atomic E-state index is 9.80. The zero-order valence-corrected chi connectivity index (χ0v) is 6.65. The number of hydrogen-bond donors (Lipinski definition) is 2. The minimum Gasteiger partial charge on any atom is -0.481 e. The molecule has 0 saturated heterocycles. The van der Waals surface area contributed by atoms with Gasteiger partial charge < -0.3 is 10.2 Å². The average Bonchev–Trinajstić information content (AvgIpc) is 1.66. The van der Waals surface area contributed by atoms with Crippen LogP contribution in [0.4, 0.5) is 0 Å². The van der Waals surface area contributed by atoms with Gasteiger partial charge in [-0.25, -0.2) is 0 Å². The van der Waals surface area contributed by atoms with Crippen LogP contribution in [0, 0.1) is 0 Å². The second-order valence-electron chi connectivity index (χ2n) is 1.30. The number of carboxylic acids is 1. The Morgan fingerprint density at radius 2 is 2.11 bits per heavy atom. The van der Waals surface area contributed by atoms with Crippen LogP contribution in [0.1, 0.15) is 6.42 Å². The molecule has 56 valence electrons. The molecule has 1 unspecified atom stereocenters. The third kappa shape index (κ3) is 11.6. The highest BCUT2D eigenvalue weighted by molar-refractivity contribution is 7.37. The van der Waals surface area contributed by atoms with Crippen molar-refractivity contribution in [3.63, 3.8) is 0 Å². The van der Waals surface area contributed by atoms with Gasteiger partial charge in [-0.05, 0) is 6.16 Å². The van der Waals surface area contributed by atoms with Gasteiger partial charge in [-0.15, -0.1) is 12.4 Å². The molecule has 0 radical (unpaired) electrons. The summed E-state index contributed by atoms with van der Waals surface area (Å²) in [5.74, 6) is -0.786. The van der Waals surface area contributed by atoms with E-state index in [0.29, 0.717) is 14.7 Å². The van der Waals surface area contributed by atoms with Crippen molar-refractivity contribution in [3.05, 3.63) is 0 Å². The minimum atomic E-state index is -0.786. The smallest absolute Gasteiger partial charge is 0.303 e. The number of hydrogen-bond acceptors (Lipinski definition) is 2.